The highest BCUT2D eigenvalue weighted by Gasteiger charge is 2.22. The minimum absolute atomic E-state index is 0.0979. The van der Waals surface area contributed by atoms with E-state index in [2.05, 4.69) is 40.0 Å². The number of aromatic carboxylic acids is 1. The molecule has 0 bridgehead atoms. The van der Waals surface area contributed by atoms with Gasteiger partial charge in [0.2, 0.25) is 5.91 Å². The molecule has 0 atom stereocenters. The van der Waals surface area contributed by atoms with E-state index in [4.69, 9.17) is 4.74 Å². The molecule has 6 nitrogen and oxygen atoms in total. The van der Waals surface area contributed by atoms with Gasteiger partial charge in [-0.3, -0.25) is 4.79 Å². The lowest BCUT2D eigenvalue weighted by molar-refractivity contribution is -0.114. The molecule has 8 heteroatoms. The number of carbonyl (C=O) groups is 2. The van der Waals surface area contributed by atoms with Crippen LogP contribution in [0, 0.1) is 0 Å². The van der Waals surface area contributed by atoms with Gasteiger partial charge < -0.3 is 20.1 Å². The quantitative estimate of drug-likeness (QED) is 0.561. The summed E-state index contributed by atoms with van der Waals surface area (Å²) in [5, 5.41) is 13.1. The minimum Gasteiger partial charge on any atom is -0.491 e. The van der Waals surface area contributed by atoms with Crippen LogP contribution in [0.3, 0.4) is 0 Å². The van der Waals surface area contributed by atoms with Gasteiger partial charge in [0.25, 0.3) is 0 Å². The molecule has 1 aromatic carbocycles. The fraction of sp³-hybridized carbons (Fsp3) is 0.444. The maximum absolute atomic E-state index is 11.7. The number of rotatable bonds is 9. The van der Waals surface area contributed by atoms with E-state index in [0.29, 0.717) is 27.4 Å². The average Bonchev–Trinajstić information content (AvgIpc) is 2.94. The van der Waals surface area contributed by atoms with Crippen molar-refractivity contribution < 1.29 is 19.4 Å². The molecule has 0 saturated heterocycles. The minimum atomic E-state index is -1.07. The van der Waals surface area contributed by atoms with Gasteiger partial charge in [-0.05, 0) is 41.5 Å². The molecule has 0 aliphatic carbocycles. The Balaban J connectivity index is 2.30. The fourth-order valence-corrected chi connectivity index (χ4v) is 4.53. The van der Waals surface area contributed by atoms with Crippen LogP contribution in [0.5, 0.6) is 5.75 Å². The molecule has 0 radical (unpaired) electrons. The molecule has 1 aromatic heterocycles. The number of nitrogens with zero attached hydrogens (tertiary/aromatic N) is 1. The van der Waals surface area contributed by atoms with Gasteiger partial charge in [-0.2, -0.15) is 0 Å². The predicted molar refractivity (Wildman–Crippen MR) is 109 cm³/mol. The van der Waals surface area contributed by atoms with E-state index in [9.17, 15) is 14.7 Å². The number of carboxylic acids is 1. The van der Waals surface area contributed by atoms with Crippen LogP contribution in [0.25, 0.3) is 10.1 Å². The number of fused-ring (bicyclic) bond motifs is 1. The summed E-state index contributed by atoms with van der Waals surface area (Å²) in [6.07, 6.45) is 0.875. The van der Waals surface area contributed by atoms with Crippen LogP contribution >= 0.6 is 27.3 Å². The maximum atomic E-state index is 11.7. The number of anilines is 1. The van der Waals surface area contributed by atoms with E-state index >= 15 is 0 Å². The number of benzene rings is 1. The molecule has 0 aliphatic rings. The second-order valence-electron chi connectivity index (χ2n) is 5.77. The first kappa shape index (κ1) is 20.7. The molecule has 0 unspecified atom stereocenters. The summed E-state index contributed by atoms with van der Waals surface area (Å²) in [4.78, 5) is 25.4. The standard InChI is InChI=1S/C18H23BrN2O4S/c1-4-21(5-2)9-6-10-25-15-13(19)8-7-12-14(18(23)24)17(20-11(3)22)26-16(12)15/h7-8H,4-6,9-10H2,1-3H3,(H,20,22)(H,23,24). The number of hydrogen-bond acceptors (Lipinski definition) is 5. The van der Waals surface area contributed by atoms with Crippen LogP contribution in [0.1, 0.15) is 37.6 Å². The first-order valence-corrected chi connectivity index (χ1v) is 10.1. The average molecular weight is 443 g/mol. The second kappa shape index (κ2) is 9.34. The Morgan fingerprint density at radius 1 is 1.31 bits per heavy atom. The highest BCUT2D eigenvalue weighted by molar-refractivity contribution is 9.10. The number of hydrogen-bond donors (Lipinski definition) is 2. The van der Waals surface area contributed by atoms with E-state index in [1.807, 2.05) is 0 Å². The smallest absolute Gasteiger partial charge is 0.339 e. The molecule has 2 N–H and O–H groups in total. The van der Waals surface area contributed by atoms with Crippen LogP contribution in [0.4, 0.5) is 5.00 Å². The zero-order chi connectivity index (χ0) is 19.3. The van der Waals surface area contributed by atoms with Crippen molar-refractivity contribution in [2.45, 2.75) is 27.2 Å². The maximum Gasteiger partial charge on any atom is 0.339 e. The third-order valence-corrected chi connectivity index (χ3v) is 5.77. The second-order valence-corrected chi connectivity index (χ2v) is 7.65. The Bertz CT molecular complexity index is 802. The normalized spacial score (nSPS) is 11.1. The van der Waals surface area contributed by atoms with Gasteiger partial charge in [0.15, 0.2) is 5.75 Å². The van der Waals surface area contributed by atoms with Gasteiger partial charge in [0.05, 0.1) is 15.8 Å². The molecule has 1 amide bonds. The molecular weight excluding hydrogens is 420 g/mol. The first-order chi connectivity index (χ1) is 12.4. The predicted octanol–water partition coefficient (Wildman–Crippen LogP) is 4.43. The Hall–Kier alpha value is -1.64. The van der Waals surface area contributed by atoms with E-state index in [1.165, 1.54) is 18.3 Å². The van der Waals surface area contributed by atoms with E-state index in [-0.39, 0.29) is 11.5 Å². The third kappa shape index (κ3) is 4.75. The largest absolute Gasteiger partial charge is 0.491 e. The third-order valence-electron chi connectivity index (χ3n) is 4.03. The lowest BCUT2D eigenvalue weighted by atomic mass is 10.1. The summed E-state index contributed by atoms with van der Waals surface area (Å²) in [6, 6.07) is 3.51. The van der Waals surface area contributed by atoms with E-state index < -0.39 is 5.97 Å². The Morgan fingerprint density at radius 2 is 2.00 bits per heavy atom. The molecule has 0 fully saturated rings. The molecule has 2 aromatic rings. The number of thiophene rings is 1. The molecule has 142 valence electrons. The van der Waals surface area contributed by atoms with Crippen molar-refractivity contribution in [2.75, 3.05) is 31.6 Å². The first-order valence-electron chi connectivity index (χ1n) is 8.50. The Morgan fingerprint density at radius 3 is 2.58 bits per heavy atom. The Labute approximate surface area is 165 Å². The summed E-state index contributed by atoms with van der Waals surface area (Å²) in [7, 11) is 0. The molecular formula is C18H23BrN2O4S. The topological polar surface area (TPSA) is 78.9 Å². The van der Waals surface area contributed by atoms with Crippen molar-refractivity contribution in [1.29, 1.82) is 0 Å². The van der Waals surface area contributed by atoms with E-state index in [0.717, 1.165) is 30.5 Å². The zero-order valence-electron chi connectivity index (χ0n) is 15.1. The number of halogens is 1. The fourth-order valence-electron chi connectivity index (χ4n) is 2.71. The number of carbonyl (C=O) groups excluding carboxylic acids is 1. The summed E-state index contributed by atoms with van der Waals surface area (Å²) in [5.74, 6) is -0.763. The summed E-state index contributed by atoms with van der Waals surface area (Å²) in [5.41, 5.74) is 0.0979. The van der Waals surface area contributed by atoms with Gasteiger partial charge in [0.1, 0.15) is 10.6 Å². The molecule has 2 rings (SSSR count). The Kier molecular flexibility index (Phi) is 7.43. The lowest BCUT2D eigenvalue weighted by Gasteiger charge is -2.18. The highest BCUT2D eigenvalue weighted by Crippen LogP contribution is 2.44. The van der Waals surface area contributed by atoms with Crippen molar-refractivity contribution in [1.82, 2.24) is 4.90 Å². The van der Waals surface area contributed by atoms with Crippen LogP contribution in [-0.4, -0.2) is 48.1 Å². The van der Waals surface area contributed by atoms with Crippen LogP contribution in [0.15, 0.2) is 16.6 Å². The molecule has 0 aliphatic heterocycles. The molecule has 1 heterocycles. The molecule has 0 spiro atoms. The van der Waals surface area contributed by atoms with Crippen molar-refractivity contribution in [2.24, 2.45) is 0 Å². The zero-order valence-corrected chi connectivity index (χ0v) is 17.5. The van der Waals surface area contributed by atoms with Crippen molar-refractivity contribution in [3.05, 3.63) is 22.2 Å². The van der Waals surface area contributed by atoms with Gasteiger partial charge >= 0.3 is 5.97 Å². The summed E-state index contributed by atoms with van der Waals surface area (Å²) < 4.78 is 7.45. The summed E-state index contributed by atoms with van der Waals surface area (Å²) >= 11 is 4.70. The number of nitrogens with one attached hydrogen (secondary N) is 1. The van der Waals surface area contributed by atoms with Gasteiger partial charge in [-0.15, -0.1) is 11.3 Å². The SMILES string of the molecule is CCN(CC)CCCOc1c(Br)ccc2c(C(=O)O)c(NC(C)=O)sc12. The van der Waals surface area contributed by atoms with Crippen LogP contribution < -0.4 is 10.1 Å². The van der Waals surface area contributed by atoms with Crippen molar-refractivity contribution in [3.8, 4) is 5.75 Å². The number of ether oxygens (including phenoxy) is 1. The van der Waals surface area contributed by atoms with Crippen molar-refractivity contribution in [3.63, 3.8) is 0 Å². The van der Waals surface area contributed by atoms with Crippen LogP contribution in [0.2, 0.25) is 0 Å². The van der Waals surface area contributed by atoms with Crippen LogP contribution in [-0.2, 0) is 4.79 Å². The van der Waals surface area contributed by atoms with Gasteiger partial charge in [-0.25, -0.2) is 4.79 Å². The monoisotopic (exact) mass is 442 g/mol. The number of amides is 1. The van der Waals surface area contributed by atoms with Gasteiger partial charge in [0, 0.05) is 18.9 Å². The molecule has 26 heavy (non-hydrogen) atoms. The highest BCUT2D eigenvalue weighted by atomic mass is 79.9. The molecule has 0 saturated carbocycles. The summed E-state index contributed by atoms with van der Waals surface area (Å²) in [6.45, 7) is 9.10. The number of carboxylic acid groups (broad SMARTS) is 1. The van der Waals surface area contributed by atoms with E-state index in [1.54, 1.807) is 12.1 Å². The van der Waals surface area contributed by atoms with Gasteiger partial charge in [-0.1, -0.05) is 19.9 Å². The van der Waals surface area contributed by atoms with Crippen molar-refractivity contribution >= 4 is 54.2 Å². The lowest BCUT2D eigenvalue weighted by Crippen LogP contribution is -2.25.